The summed E-state index contributed by atoms with van der Waals surface area (Å²) in [4.78, 5) is 14.3. The smallest absolute Gasteiger partial charge is 0.309 e. The molecule has 92 valence electrons. The van der Waals surface area contributed by atoms with Gasteiger partial charge in [0.25, 0.3) is 0 Å². The number of thiazole rings is 1. The van der Waals surface area contributed by atoms with Gasteiger partial charge in [0.15, 0.2) is 4.47 Å². The zero-order valence-corrected chi connectivity index (χ0v) is 11.0. The highest BCUT2D eigenvalue weighted by Crippen LogP contribution is 2.21. The van der Waals surface area contributed by atoms with Gasteiger partial charge in [0, 0.05) is 6.20 Å². The van der Waals surface area contributed by atoms with Gasteiger partial charge < -0.3 is 5.11 Å². The maximum Gasteiger partial charge on any atom is 0.309 e. The summed E-state index contributed by atoms with van der Waals surface area (Å²) in [6.45, 7) is 4.00. The zero-order chi connectivity index (χ0) is 12.8. The number of aliphatic carboxylic acids is 1. The van der Waals surface area contributed by atoms with Gasteiger partial charge >= 0.3 is 5.97 Å². The maximum absolute atomic E-state index is 10.4. The first-order valence-electron chi connectivity index (χ1n) is 5.03. The standard InChI is InChI=1S/C8H6ClN3O2S.C2H6/c9-8-10-4-6(15-8)12-2-1-5(11-12)3-7(13)14;1-2/h1-2,4H,3H2,(H,13,14);1-2H3. The van der Waals surface area contributed by atoms with Gasteiger partial charge in [-0.05, 0) is 6.07 Å². The van der Waals surface area contributed by atoms with Crippen molar-refractivity contribution >= 4 is 28.9 Å². The second-order valence-corrected chi connectivity index (χ2v) is 4.36. The Balaban J connectivity index is 0.000000686. The molecular weight excluding hydrogens is 262 g/mol. The summed E-state index contributed by atoms with van der Waals surface area (Å²) in [5.74, 6) is -0.900. The van der Waals surface area contributed by atoms with E-state index in [1.807, 2.05) is 13.8 Å². The van der Waals surface area contributed by atoms with Gasteiger partial charge in [-0.2, -0.15) is 5.10 Å². The molecule has 0 bridgehead atoms. The number of carboxylic acids is 1. The van der Waals surface area contributed by atoms with Crippen LogP contribution >= 0.6 is 22.9 Å². The second kappa shape index (κ2) is 6.36. The molecule has 17 heavy (non-hydrogen) atoms. The van der Waals surface area contributed by atoms with Crippen LogP contribution in [0.15, 0.2) is 18.5 Å². The Bertz CT molecular complexity index is 495. The molecule has 0 spiro atoms. The molecule has 0 fully saturated rings. The highest BCUT2D eigenvalue weighted by atomic mass is 35.5. The highest BCUT2D eigenvalue weighted by Gasteiger charge is 2.07. The van der Waals surface area contributed by atoms with Crippen LogP contribution in [-0.4, -0.2) is 25.8 Å². The van der Waals surface area contributed by atoms with E-state index in [1.54, 1.807) is 23.1 Å². The average molecular weight is 274 g/mol. The Morgan fingerprint density at radius 1 is 1.59 bits per heavy atom. The largest absolute Gasteiger partial charge is 0.481 e. The summed E-state index contributed by atoms with van der Waals surface area (Å²) in [6, 6.07) is 1.65. The number of aromatic nitrogens is 3. The fourth-order valence-electron chi connectivity index (χ4n) is 1.08. The lowest BCUT2D eigenvalue weighted by molar-refractivity contribution is -0.136. The summed E-state index contributed by atoms with van der Waals surface area (Å²) in [6.07, 6.45) is 3.19. The molecule has 2 heterocycles. The van der Waals surface area contributed by atoms with E-state index in [4.69, 9.17) is 16.7 Å². The average Bonchev–Trinajstić information content (AvgIpc) is 2.89. The second-order valence-electron chi connectivity index (χ2n) is 2.77. The van der Waals surface area contributed by atoms with Gasteiger partial charge in [0.1, 0.15) is 5.00 Å². The van der Waals surface area contributed by atoms with Crippen LogP contribution in [0.1, 0.15) is 19.5 Å². The topological polar surface area (TPSA) is 68.0 Å². The van der Waals surface area contributed by atoms with Gasteiger partial charge in [0.2, 0.25) is 0 Å². The predicted molar refractivity (Wildman–Crippen MR) is 66.9 cm³/mol. The maximum atomic E-state index is 10.4. The van der Waals surface area contributed by atoms with Crippen molar-refractivity contribution in [3.8, 4) is 5.00 Å². The Kier molecular flexibility index (Phi) is 5.11. The van der Waals surface area contributed by atoms with Gasteiger partial charge in [-0.15, -0.1) is 0 Å². The molecule has 2 rings (SSSR count). The molecule has 0 aromatic carbocycles. The lowest BCUT2D eigenvalue weighted by Gasteiger charge is -1.93. The van der Waals surface area contributed by atoms with E-state index in [1.165, 1.54) is 11.3 Å². The fourth-order valence-corrected chi connectivity index (χ4v) is 1.95. The normalized spacial score (nSPS) is 9.59. The molecule has 7 heteroatoms. The van der Waals surface area contributed by atoms with Crippen molar-refractivity contribution in [3.63, 3.8) is 0 Å². The Labute approximate surface area is 108 Å². The molecule has 2 aromatic heterocycles. The van der Waals surface area contributed by atoms with E-state index >= 15 is 0 Å². The number of halogens is 1. The monoisotopic (exact) mass is 273 g/mol. The van der Waals surface area contributed by atoms with Gasteiger partial charge in [0.05, 0.1) is 18.3 Å². The lowest BCUT2D eigenvalue weighted by Crippen LogP contribution is -2.01. The number of nitrogens with zero attached hydrogens (tertiary/aromatic N) is 3. The van der Waals surface area contributed by atoms with E-state index in [0.29, 0.717) is 10.2 Å². The molecular formula is C10H12ClN3O2S. The van der Waals surface area contributed by atoms with Crippen molar-refractivity contribution < 1.29 is 9.90 Å². The Morgan fingerprint density at radius 3 is 2.82 bits per heavy atom. The van der Waals surface area contributed by atoms with Crippen LogP contribution in [0.2, 0.25) is 4.47 Å². The summed E-state index contributed by atoms with van der Waals surface area (Å²) in [5.41, 5.74) is 0.507. The molecule has 0 unspecified atom stereocenters. The van der Waals surface area contributed by atoms with Crippen LogP contribution in [0.4, 0.5) is 0 Å². The molecule has 0 radical (unpaired) electrons. The van der Waals surface area contributed by atoms with Crippen LogP contribution in [-0.2, 0) is 11.2 Å². The van der Waals surface area contributed by atoms with E-state index < -0.39 is 5.97 Å². The summed E-state index contributed by atoms with van der Waals surface area (Å²) in [5, 5.41) is 13.4. The first-order chi connectivity index (χ1) is 8.15. The van der Waals surface area contributed by atoms with Crippen LogP contribution < -0.4 is 0 Å². The van der Waals surface area contributed by atoms with Gasteiger partial charge in [-0.25, -0.2) is 9.67 Å². The van der Waals surface area contributed by atoms with E-state index in [9.17, 15) is 4.79 Å². The third kappa shape index (κ3) is 3.83. The molecule has 0 aliphatic carbocycles. The SMILES string of the molecule is CC.O=C(O)Cc1ccn(-c2cnc(Cl)s2)n1. The fraction of sp³-hybridized carbons (Fsp3) is 0.300. The predicted octanol–water partition coefficient (Wildman–Crippen LogP) is 2.64. The quantitative estimate of drug-likeness (QED) is 0.933. The number of hydrogen-bond donors (Lipinski definition) is 1. The van der Waals surface area contributed by atoms with E-state index in [0.717, 1.165) is 5.00 Å². The number of rotatable bonds is 3. The third-order valence-electron chi connectivity index (χ3n) is 1.67. The highest BCUT2D eigenvalue weighted by molar-refractivity contribution is 7.18. The minimum Gasteiger partial charge on any atom is -0.481 e. The minimum absolute atomic E-state index is 0.0838. The van der Waals surface area contributed by atoms with E-state index in [-0.39, 0.29) is 6.42 Å². The first kappa shape index (κ1) is 13.7. The third-order valence-corrected chi connectivity index (χ3v) is 2.77. The number of carboxylic acid groups (broad SMARTS) is 1. The van der Waals surface area contributed by atoms with Crippen LogP contribution in [0.25, 0.3) is 5.00 Å². The first-order valence-corrected chi connectivity index (χ1v) is 6.22. The van der Waals surface area contributed by atoms with Gasteiger partial charge in [-0.1, -0.05) is 36.8 Å². The van der Waals surface area contributed by atoms with Crippen LogP contribution in [0.5, 0.6) is 0 Å². The van der Waals surface area contributed by atoms with Crippen LogP contribution in [0, 0.1) is 0 Å². The molecule has 0 aliphatic rings. The molecule has 5 nitrogen and oxygen atoms in total. The summed E-state index contributed by atoms with van der Waals surface area (Å²) < 4.78 is 1.99. The Morgan fingerprint density at radius 2 is 2.29 bits per heavy atom. The minimum atomic E-state index is -0.900. The molecule has 0 saturated carbocycles. The van der Waals surface area contributed by atoms with Crippen LogP contribution in [0.3, 0.4) is 0 Å². The summed E-state index contributed by atoms with van der Waals surface area (Å²) >= 11 is 6.95. The van der Waals surface area contributed by atoms with Crippen molar-refractivity contribution in [1.82, 2.24) is 14.8 Å². The van der Waals surface area contributed by atoms with Crippen molar-refractivity contribution in [2.45, 2.75) is 20.3 Å². The van der Waals surface area contributed by atoms with Gasteiger partial charge in [-0.3, -0.25) is 4.79 Å². The molecule has 1 N–H and O–H groups in total. The number of hydrogen-bond acceptors (Lipinski definition) is 4. The molecule has 0 atom stereocenters. The lowest BCUT2D eigenvalue weighted by atomic mass is 10.3. The number of carbonyl (C=O) groups is 1. The van der Waals surface area contributed by atoms with Crippen molar-refractivity contribution in [3.05, 3.63) is 28.6 Å². The van der Waals surface area contributed by atoms with Crippen molar-refractivity contribution in [2.24, 2.45) is 0 Å². The van der Waals surface area contributed by atoms with Crippen molar-refractivity contribution in [1.29, 1.82) is 0 Å². The molecule has 0 aliphatic heterocycles. The molecule has 0 saturated heterocycles. The Hall–Kier alpha value is -1.40. The van der Waals surface area contributed by atoms with E-state index in [2.05, 4.69) is 10.1 Å². The van der Waals surface area contributed by atoms with Crippen molar-refractivity contribution in [2.75, 3.05) is 0 Å². The molecule has 2 aromatic rings. The summed E-state index contributed by atoms with van der Waals surface area (Å²) in [7, 11) is 0. The zero-order valence-electron chi connectivity index (χ0n) is 9.42. The molecule has 0 amide bonds.